The first-order chi connectivity index (χ1) is 14.0. The molecular formula is C19H21N7O3. The van der Waals surface area contributed by atoms with E-state index in [1.54, 1.807) is 35.6 Å². The molecule has 1 aliphatic rings. The largest absolute Gasteiger partial charge is 0.447 e. The number of hydrogen-bond donors (Lipinski definition) is 1. The maximum atomic E-state index is 12.2. The molecule has 0 aliphatic carbocycles. The SMILES string of the molecule is CC(C)C1COC(=O)N1c1ccnc(N[C@H](C)c2nc(-c3cccnc3)no2)n1. The van der Waals surface area contributed by atoms with Crippen LogP contribution in [0.25, 0.3) is 11.4 Å². The highest BCUT2D eigenvalue weighted by Crippen LogP contribution is 2.26. The van der Waals surface area contributed by atoms with Crippen LogP contribution >= 0.6 is 0 Å². The number of pyridine rings is 1. The van der Waals surface area contributed by atoms with Crippen LogP contribution in [0.15, 0.2) is 41.3 Å². The molecular weight excluding hydrogens is 374 g/mol. The normalized spacial score (nSPS) is 17.4. The van der Waals surface area contributed by atoms with Crippen LogP contribution in [0.5, 0.6) is 0 Å². The van der Waals surface area contributed by atoms with Crippen LogP contribution in [0.2, 0.25) is 0 Å². The third-order valence-electron chi connectivity index (χ3n) is 4.64. The summed E-state index contributed by atoms with van der Waals surface area (Å²) >= 11 is 0. The Balaban J connectivity index is 1.51. The van der Waals surface area contributed by atoms with Crippen LogP contribution in [0.1, 0.15) is 32.7 Å². The fraction of sp³-hybridized carbons (Fsp3) is 0.368. The molecule has 29 heavy (non-hydrogen) atoms. The smallest absolute Gasteiger partial charge is 0.415 e. The van der Waals surface area contributed by atoms with Crippen molar-refractivity contribution in [1.29, 1.82) is 0 Å². The first-order valence-electron chi connectivity index (χ1n) is 9.32. The standard InChI is InChI=1S/C19H21N7O3/c1-11(2)14-10-28-19(27)26(14)15-6-8-21-18(23-15)22-12(3)17-24-16(25-29-17)13-5-4-7-20-9-13/h4-9,11-12,14H,10H2,1-3H3,(H,21,22,23)/t12-,14?/m1/s1. The summed E-state index contributed by atoms with van der Waals surface area (Å²) in [6.07, 6.45) is 4.54. The number of amides is 1. The van der Waals surface area contributed by atoms with Crippen molar-refractivity contribution in [1.82, 2.24) is 25.1 Å². The van der Waals surface area contributed by atoms with Gasteiger partial charge in [0, 0.05) is 24.2 Å². The minimum atomic E-state index is -0.403. The Hall–Kier alpha value is -3.56. The molecule has 1 fully saturated rings. The van der Waals surface area contributed by atoms with Crippen molar-refractivity contribution in [2.45, 2.75) is 32.9 Å². The highest BCUT2D eigenvalue weighted by molar-refractivity contribution is 5.89. The molecule has 1 N–H and O–H groups in total. The number of carbonyl (C=O) groups is 1. The molecule has 0 saturated carbocycles. The van der Waals surface area contributed by atoms with E-state index in [2.05, 4.69) is 30.4 Å². The molecule has 3 aromatic heterocycles. The Labute approximate surface area is 167 Å². The van der Waals surface area contributed by atoms with Crippen molar-refractivity contribution in [3.63, 3.8) is 0 Å². The van der Waals surface area contributed by atoms with Gasteiger partial charge in [0.05, 0.1) is 6.04 Å². The van der Waals surface area contributed by atoms with Crippen molar-refractivity contribution >= 4 is 17.9 Å². The van der Waals surface area contributed by atoms with Crippen molar-refractivity contribution in [2.75, 3.05) is 16.8 Å². The lowest BCUT2D eigenvalue weighted by molar-refractivity contribution is 0.177. The Morgan fingerprint density at radius 2 is 2.07 bits per heavy atom. The Bertz CT molecular complexity index is 992. The van der Waals surface area contributed by atoms with Gasteiger partial charge in [-0.25, -0.2) is 9.78 Å². The van der Waals surface area contributed by atoms with Crippen molar-refractivity contribution in [3.05, 3.63) is 42.7 Å². The topological polar surface area (TPSA) is 119 Å². The zero-order valence-electron chi connectivity index (χ0n) is 16.3. The molecule has 0 spiro atoms. The third-order valence-corrected chi connectivity index (χ3v) is 4.64. The van der Waals surface area contributed by atoms with E-state index in [-0.39, 0.29) is 18.0 Å². The van der Waals surface area contributed by atoms with E-state index < -0.39 is 6.09 Å². The van der Waals surface area contributed by atoms with Gasteiger partial charge in [-0.3, -0.25) is 9.88 Å². The van der Waals surface area contributed by atoms with Crippen LogP contribution in [0.3, 0.4) is 0 Å². The maximum Gasteiger partial charge on any atom is 0.415 e. The number of nitrogens with zero attached hydrogens (tertiary/aromatic N) is 6. The van der Waals surface area contributed by atoms with Gasteiger partial charge in [0.2, 0.25) is 17.7 Å². The number of nitrogens with one attached hydrogen (secondary N) is 1. The van der Waals surface area contributed by atoms with Crippen LogP contribution in [0, 0.1) is 5.92 Å². The van der Waals surface area contributed by atoms with Crippen molar-refractivity contribution < 1.29 is 14.1 Å². The minimum absolute atomic E-state index is 0.0688. The number of cyclic esters (lactones) is 1. The maximum absolute atomic E-state index is 12.2. The number of carbonyl (C=O) groups excluding carboxylic acids is 1. The molecule has 0 radical (unpaired) electrons. The van der Waals surface area contributed by atoms with Gasteiger partial charge in [0.25, 0.3) is 0 Å². The molecule has 0 aromatic carbocycles. The molecule has 1 aliphatic heterocycles. The first kappa shape index (κ1) is 18.8. The van der Waals surface area contributed by atoms with Crippen LogP contribution in [0.4, 0.5) is 16.6 Å². The van der Waals surface area contributed by atoms with E-state index in [0.717, 1.165) is 5.56 Å². The molecule has 3 aromatic rings. The van der Waals surface area contributed by atoms with Gasteiger partial charge in [-0.2, -0.15) is 9.97 Å². The Kier molecular flexibility index (Phi) is 5.07. The average molecular weight is 395 g/mol. The summed E-state index contributed by atoms with van der Waals surface area (Å²) in [7, 11) is 0. The number of aromatic nitrogens is 5. The molecule has 150 valence electrons. The molecule has 1 amide bonds. The van der Waals surface area contributed by atoms with Crippen molar-refractivity contribution in [2.24, 2.45) is 5.92 Å². The Morgan fingerprint density at radius 3 is 2.83 bits per heavy atom. The van der Waals surface area contributed by atoms with E-state index in [1.165, 1.54) is 0 Å². The zero-order valence-corrected chi connectivity index (χ0v) is 16.3. The highest BCUT2D eigenvalue weighted by Gasteiger charge is 2.37. The second-order valence-corrected chi connectivity index (χ2v) is 7.06. The molecule has 0 bridgehead atoms. The number of rotatable bonds is 6. The fourth-order valence-electron chi connectivity index (χ4n) is 3.02. The summed E-state index contributed by atoms with van der Waals surface area (Å²) in [5.41, 5.74) is 0.764. The van der Waals surface area contributed by atoms with Gasteiger partial charge in [0.1, 0.15) is 18.5 Å². The summed E-state index contributed by atoms with van der Waals surface area (Å²) in [6, 6.07) is 4.94. The molecule has 4 heterocycles. The van der Waals surface area contributed by atoms with Gasteiger partial charge in [-0.05, 0) is 31.0 Å². The lowest BCUT2D eigenvalue weighted by atomic mass is 10.0. The van der Waals surface area contributed by atoms with Crippen molar-refractivity contribution in [3.8, 4) is 11.4 Å². The predicted molar refractivity (Wildman–Crippen MR) is 104 cm³/mol. The Morgan fingerprint density at radius 1 is 1.21 bits per heavy atom. The van der Waals surface area contributed by atoms with E-state index in [0.29, 0.717) is 30.1 Å². The van der Waals surface area contributed by atoms with Crippen LogP contribution in [-0.4, -0.2) is 43.8 Å². The highest BCUT2D eigenvalue weighted by atomic mass is 16.6. The molecule has 10 heteroatoms. The predicted octanol–water partition coefficient (Wildman–Crippen LogP) is 3.08. The van der Waals surface area contributed by atoms with Gasteiger partial charge in [0.15, 0.2) is 0 Å². The fourth-order valence-corrected chi connectivity index (χ4v) is 3.02. The summed E-state index contributed by atoms with van der Waals surface area (Å²) in [5.74, 6) is 1.90. The second-order valence-electron chi connectivity index (χ2n) is 7.06. The first-order valence-corrected chi connectivity index (χ1v) is 9.32. The quantitative estimate of drug-likeness (QED) is 0.671. The van der Waals surface area contributed by atoms with Crippen LogP contribution < -0.4 is 10.2 Å². The summed E-state index contributed by atoms with van der Waals surface area (Å²) in [5, 5.41) is 7.13. The van der Waals surface area contributed by atoms with Gasteiger partial charge < -0.3 is 14.6 Å². The number of hydrogen-bond acceptors (Lipinski definition) is 9. The number of ether oxygens (including phenoxy) is 1. The molecule has 1 saturated heterocycles. The van der Waals surface area contributed by atoms with Gasteiger partial charge >= 0.3 is 6.09 Å². The van der Waals surface area contributed by atoms with Gasteiger partial charge in [-0.15, -0.1) is 0 Å². The molecule has 4 rings (SSSR count). The van der Waals surface area contributed by atoms with E-state index >= 15 is 0 Å². The summed E-state index contributed by atoms with van der Waals surface area (Å²) in [4.78, 5) is 30.9. The lowest BCUT2D eigenvalue weighted by Gasteiger charge is -2.23. The van der Waals surface area contributed by atoms with E-state index in [9.17, 15) is 4.79 Å². The molecule has 1 unspecified atom stereocenters. The minimum Gasteiger partial charge on any atom is -0.447 e. The van der Waals surface area contributed by atoms with E-state index in [1.807, 2.05) is 26.8 Å². The number of anilines is 2. The summed E-state index contributed by atoms with van der Waals surface area (Å²) < 4.78 is 10.6. The zero-order chi connectivity index (χ0) is 20.4. The molecule has 10 nitrogen and oxygen atoms in total. The molecule has 2 atom stereocenters. The van der Waals surface area contributed by atoms with E-state index in [4.69, 9.17) is 9.26 Å². The monoisotopic (exact) mass is 395 g/mol. The lowest BCUT2D eigenvalue weighted by Crippen LogP contribution is -2.37. The second kappa shape index (κ2) is 7.82. The van der Waals surface area contributed by atoms with Crippen LogP contribution in [-0.2, 0) is 4.74 Å². The average Bonchev–Trinajstić information content (AvgIpc) is 3.36. The summed E-state index contributed by atoms with van der Waals surface area (Å²) in [6.45, 7) is 6.28. The third kappa shape index (κ3) is 3.86. The van der Waals surface area contributed by atoms with Gasteiger partial charge in [-0.1, -0.05) is 19.0 Å².